The van der Waals surface area contributed by atoms with E-state index in [1.807, 2.05) is 50.2 Å². The van der Waals surface area contributed by atoms with Crippen molar-refractivity contribution in [1.82, 2.24) is 4.98 Å². The zero-order chi connectivity index (χ0) is 18.5. The van der Waals surface area contributed by atoms with E-state index in [1.165, 1.54) is 11.3 Å². The summed E-state index contributed by atoms with van der Waals surface area (Å²) in [5.41, 5.74) is 4.25. The summed E-state index contributed by atoms with van der Waals surface area (Å²) >= 11 is 7.65. The van der Waals surface area contributed by atoms with Crippen LogP contribution in [-0.2, 0) is 11.2 Å². The number of hydrogen-bond acceptors (Lipinski definition) is 4. The summed E-state index contributed by atoms with van der Waals surface area (Å²) in [4.78, 5) is 17.5. The van der Waals surface area contributed by atoms with Crippen molar-refractivity contribution in [1.29, 1.82) is 0 Å². The molecule has 0 fully saturated rings. The number of para-hydroxylation sites is 1. The lowest BCUT2D eigenvalue weighted by Crippen LogP contribution is -2.21. The van der Waals surface area contributed by atoms with Gasteiger partial charge < -0.3 is 10.6 Å². The highest BCUT2D eigenvalue weighted by molar-refractivity contribution is 7.15. The molecule has 4 nitrogen and oxygen atoms in total. The Balaban J connectivity index is 1.55. The largest absolute Gasteiger partial charge is 0.376 e. The van der Waals surface area contributed by atoms with Crippen molar-refractivity contribution in [3.63, 3.8) is 0 Å². The van der Waals surface area contributed by atoms with Crippen molar-refractivity contribution in [2.45, 2.75) is 20.3 Å². The van der Waals surface area contributed by atoms with Crippen molar-refractivity contribution < 1.29 is 4.79 Å². The first-order valence-corrected chi connectivity index (χ1v) is 9.50. The molecule has 6 heteroatoms. The molecule has 2 aromatic carbocycles. The molecule has 0 saturated carbocycles. The van der Waals surface area contributed by atoms with Gasteiger partial charge in [0.05, 0.1) is 6.54 Å². The van der Waals surface area contributed by atoms with E-state index in [4.69, 9.17) is 11.6 Å². The topological polar surface area (TPSA) is 54.0 Å². The smallest absolute Gasteiger partial charge is 0.245 e. The van der Waals surface area contributed by atoms with Gasteiger partial charge in [-0.1, -0.05) is 41.9 Å². The number of aromatic nitrogens is 1. The maximum atomic E-state index is 12.1. The molecule has 0 bridgehead atoms. The third-order valence-electron chi connectivity index (χ3n) is 4.00. The summed E-state index contributed by atoms with van der Waals surface area (Å²) in [6.07, 6.45) is 2.54. The van der Waals surface area contributed by atoms with E-state index in [9.17, 15) is 4.79 Å². The van der Waals surface area contributed by atoms with Crippen LogP contribution in [0.3, 0.4) is 0 Å². The Hall–Kier alpha value is -2.37. The predicted octanol–water partition coefficient (Wildman–Crippen LogP) is 5.05. The molecule has 3 rings (SSSR count). The number of halogens is 1. The number of anilines is 2. The van der Waals surface area contributed by atoms with Gasteiger partial charge in [0.15, 0.2) is 5.13 Å². The second-order valence-electron chi connectivity index (χ2n) is 6.11. The Morgan fingerprint density at radius 2 is 1.96 bits per heavy atom. The summed E-state index contributed by atoms with van der Waals surface area (Å²) in [6.45, 7) is 4.19. The number of benzene rings is 2. The van der Waals surface area contributed by atoms with Crippen molar-refractivity contribution in [2.24, 2.45) is 0 Å². The Morgan fingerprint density at radius 3 is 2.73 bits per heavy atom. The van der Waals surface area contributed by atoms with Crippen LogP contribution in [0, 0.1) is 13.8 Å². The minimum atomic E-state index is -0.118. The third kappa shape index (κ3) is 4.84. The lowest BCUT2D eigenvalue weighted by molar-refractivity contribution is -0.114. The molecular formula is C20H20ClN3OS. The van der Waals surface area contributed by atoms with Crippen LogP contribution in [0.15, 0.2) is 48.7 Å². The fourth-order valence-corrected chi connectivity index (χ4v) is 3.57. The van der Waals surface area contributed by atoms with Gasteiger partial charge in [-0.05, 0) is 42.7 Å². The van der Waals surface area contributed by atoms with E-state index in [-0.39, 0.29) is 12.5 Å². The SMILES string of the molecule is Cc1ccc(Cc2cnc(NC(=O)CNc3ccccc3C)s2)cc1Cl. The van der Waals surface area contributed by atoms with Gasteiger partial charge in [-0.25, -0.2) is 4.98 Å². The van der Waals surface area contributed by atoms with Crippen LogP contribution in [-0.4, -0.2) is 17.4 Å². The number of hydrogen-bond donors (Lipinski definition) is 2. The molecule has 134 valence electrons. The predicted molar refractivity (Wildman–Crippen MR) is 109 cm³/mol. The van der Waals surface area contributed by atoms with E-state index in [1.54, 1.807) is 6.20 Å². The minimum absolute atomic E-state index is 0.118. The van der Waals surface area contributed by atoms with Gasteiger partial charge >= 0.3 is 0 Å². The highest BCUT2D eigenvalue weighted by Crippen LogP contribution is 2.24. The lowest BCUT2D eigenvalue weighted by Gasteiger charge is -2.08. The van der Waals surface area contributed by atoms with Crippen molar-refractivity contribution in [3.05, 3.63) is 75.3 Å². The highest BCUT2D eigenvalue weighted by atomic mass is 35.5. The van der Waals surface area contributed by atoms with E-state index in [2.05, 4.69) is 21.7 Å². The summed E-state index contributed by atoms with van der Waals surface area (Å²) in [5.74, 6) is -0.118. The zero-order valence-electron chi connectivity index (χ0n) is 14.7. The van der Waals surface area contributed by atoms with Gasteiger partial charge in [0, 0.05) is 28.2 Å². The molecule has 26 heavy (non-hydrogen) atoms. The average Bonchev–Trinajstić information content (AvgIpc) is 3.04. The Labute approximate surface area is 162 Å². The number of nitrogens with zero attached hydrogens (tertiary/aromatic N) is 1. The lowest BCUT2D eigenvalue weighted by atomic mass is 10.1. The van der Waals surface area contributed by atoms with Gasteiger partial charge in [0.1, 0.15) is 0 Å². The van der Waals surface area contributed by atoms with E-state index in [0.29, 0.717) is 5.13 Å². The Kier molecular flexibility index (Phi) is 5.91. The molecule has 0 atom stereocenters. The van der Waals surface area contributed by atoms with Crippen LogP contribution >= 0.6 is 22.9 Å². The summed E-state index contributed by atoms with van der Waals surface area (Å²) in [5, 5.41) is 7.35. The number of amides is 1. The van der Waals surface area contributed by atoms with Crippen LogP contribution in [0.1, 0.15) is 21.6 Å². The van der Waals surface area contributed by atoms with Gasteiger partial charge in [-0.15, -0.1) is 11.3 Å². The number of rotatable bonds is 6. The first kappa shape index (κ1) is 18.4. The molecule has 0 aliphatic carbocycles. The van der Waals surface area contributed by atoms with Crippen molar-refractivity contribution in [3.8, 4) is 0 Å². The number of aryl methyl sites for hydroxylation is 2. The summed E-state index contributed by atoms with van der Waals surface area (Å²) < 4.78 is 0. The fraction of sp³-hybridized carbons (Fsp3) is 0.200. The summed E-state index contributed by atoms with van der Waals surface area (Å²) in [7, 11) is 0. The molecule has 2 N–H and O–H groups in total. The van der Waals surface area contributed by atoms with Gasteiger partial charge in [0.2, 0.25) is 5.91 Å². The first-order chi connectivity index (χ1) is 12.5. The molecule has 0 aliphatic rings. The van der Waals surface area contributed by atoms with Crippen LogP contribution in [0.4, 0.5) is 10.8 Å². The fourth-order valence-electron chi connectivity index (χ4n) is 2.50. The molecule has 0 radical (unpaired) electrons. The third-order valence-corrected chi connectivity index (χ3v) is 5.32. The van der Waals surface area contributed by atoms with Gasteiger partial charge in [-0.3, -0.25) is 4.79 Å². The average molecular weight is 386 g/mol. The van der Waals surface area contributed by atoms with E-state index >= 15 is 0 Å². The van der Waals surface area contributed by atoms with Crippen LogP contribution < -0.4 is 10.6 Å². The van der Waals surface area contributed by atoms with E-state index in [0.717, 1.165) is 38.7 Å². The standard InChI is InChI=1S/C20H20ClN3OS/c1-13-7-8-15(10-17(13)21)9-16-11-23-20(26-16)24-19(25)12-22-18-6-4-3-5-14(18)2/h3-8,10-11,22H,9,12H2,1-2H3,(H,23,24,25). The maximum absolute atomic E-state index is 12.1. The number of nitrogens with one attached hydrogen (secondary N) is 2. The number of carbonyl (C=O) groups excluding carboxylic acids is 1. The molecule has 1 heterocycles. The molecule has 0 saturated heterocycles. The van der Waals surface area contributed by atoms with Crippen LogP contribution in [0.25, 0.3) is 0 Å². The van der Waals surface area contributed by atoms with Crippen molar-refractivity contribution in [2.75, 3.05) is 17.2 Å². The Morgan fingerprint density at radius 1 is 1.15 bits per heavy atom. The first-order valence-electron chi connectivity index (χ1n) is 8.30. The zero-order valence-corrected chi connectivity index (χ0v) is 16.2. The molecule has 0 aliphatic heterocycles. The number of carbonyl (C=O) groups is 1. The summed E-state index contributed by atoms with van der Waals surface area (Å²) in [6, 6.07) is 13.9. The van der Waals surface area contributed by atoms with Gasteiger partial charge in [-0.2, -0.15) is 0 Å². The molecule has 1 aromatic heterocycles. The quantitative estimate of drug-likeness (QED) is 0.623. The monoisotopic (exact) mass is 385 g/mol. The molecule has 0 spiro atoms. The van der Waals surface area contributed by atoms with Crippen molar-refractivity contribution >= 4 is 39.7 Å². The molecule has 3 aromatic rings. The second-order valence-corrected chi connectivity index (χ2v) is 7.63. The minimum Gasteiger partial charge on any atom is -0.376 e. The van der Waals surface area contributed by atoms with Crippen LogP contribution in [0.2, 0.25) is 5.02 Å². The molecular weight excluding hydrogens is 366 g/mol. The van der Waals surface area contributed by atoms with Gasteiger partial charge in [0.25, 0.3) is 0 Å². The van der Waals surface area contributed by atoms with E-state index < -0.39 is 0 Å². The normalized spacial score (nSPS) is 10.6. The molecule has 0 unspecified atom stereocenters. The number of thiazole rings is 1. The molecule has 1 amide bonds. The highest BCUT2D eigenvalue weighted by Gasteiger charge is 2.08. The maximum Gasteiger partial charge on any atom is 0.245 e. The second kappa shape index (κ2) is 8.34. The Bertz CT molecular complexity index is 923. The van der Waals surface area contributed by atoms with Crippen LogP contribution in [0.5, 0.6) is 0 Å².